The molecule has 7 heteroatoms. The van der Waals surface area contributed by atoms with Gasteiger partial charge in [0, 0.05) is 17.5 Å². The van der Waals surface area contributed by atoms with Crippen LogP contribution in [-0.2, 0) is 11.2 Å². The fourth-order valence-electron chi connectivity index (χ4n) is 3.13. The number of aliphatic hydroxyl groups is 1. The van der Waals surface area contributed by atoms with Crippen molar-refractivity contribution in [2.45, 2.75) is 44.8 Å². The Morgan fingerprint density at radius 3 is 2.92 bits per heavy atom. The van der Waals surface area contributed by atoms with E-state index in [1.54, 1.807) is 30.8 Å². The lowest BCUT2D eigenvalue weighted by molar-refractivity contribution is -0.123. The van der Waals surface area contributed by atoms with Gasteiger partial charge < -0.3 is 15.2 Å². The molecule has 1 amide bonds. The van der Waals surface area contributed by atoms with Crippen LogP contribution < -0.4 is 10.1 Å². The van der Waals surface area contributed by atoms with Gasteiger partial charge in [0.1, 0.15) is 5.75 Å². The van der Waals surface area contributed by atoms with E-state index in [1.807, 2.05) is 18.5 Å². The van der Waals surface area contributed by atoms with Gasteiger partial charge in [-0.15, -0.1) is 11.3 Å². The number of methoxy groups -OCH3 is 1. The minimum atomic E-state index is -0.275. The zero-order valence-electron chi connectivity index (χ0n) is 14.4. The van der Waals surface area contributed by atoms with E-state index in [4.69, 9.17) is 4.74 Å². The van der Waals surface area contributed by atoms with Crippen molar-refractivity contribution in [2.75, 3.05) is 7.11 Å². The molecule has 1 aliphatic carbocycles. The smallest absolute Gasteiger partial charge is 0.220 e. The van der Waals surface area contributed by atoms with Gasteiger partial charge in [-0.25, -0.2) is 4.98 Å². The third-order valence-electron chi connectivity index (χ3n) is 4.69. The summed E-state index contributed by atoms with van der Waals surface area (Å²) in [5, 5.41) is 12.8. The lowest BCUT2D eigenvalue weighted by atomic mass is 9.75. The molecule has 0 bridgehead atoms. The van der Waals surface area contributed by atoms with Crippen LogP contribution in [-0.4, -0.2) is 34.2 Å². The van der Waals surface area contributed by atoms with Crippen LogP contribution in [0, 0.1) is 12.8 Å². The molecule has 1 fully saturated rings. The number of amides is 1. The number of nitrogens with zero attached hydrogens (tertiary/aromatic N) is 2. The van der Waals surface area contributed by atoms with Gasteiger partial charge in [-0.05, 0) is 43.7 Å². The highest BCUT2D eigenvalue weighted by molar-refractivity contribution is 7.09. The molecule has 0 unspecified atom stereocenters. The second-order valence-corrected chi connectivity index (χ2v) is 7.39. The van der Waals surface area contributed by atoms with Crippen LogP contribution >= 0.6 is 11.3 Å². The Morgan fingerprint density at radius 1 is 1.48 bits per heavy atom. The molecule has 0 radical (unpaired) electrons. The lowest BCUT2D eigenvalue weighted by Crippen LogP contribution is -2.41. The number of carbonyl (C=O) groups excluding carboxylic acids is 1. The average molecular weight is 361 g/mol. The van der Waals surface area contributed by atoms with Crippen LogP contribution in [0.25, 0.3) is 0 Å². The molecule has 1 aliphatic rings. The van der Waals surface area contributed by atoms with Gasteiger partial charge in [-0.3, -0.25) is 9.78 Å². The van der Waals surface area contributed by atoms with Crippen molar-refractivity contribution < 1.29 is 14.6 Å². The van der Waals surface area contributed by atoms with Crippen LogP contribution in [0.3, 0.4) is 0 Å². The van der Waals surface area contributed by atoms with Crippen molar-refractivity contribution in [2.24, 2.45) is 5.92 Å². The lowest BCUT2D eigenvalue weighted by Gasteiger charge is -2.38. The first kappa shape index (κ1) is 17.8. The largest absolute Gasteiger partial charge is 0.495 e. The highest BCUT2D eigenvalue weighted by atomic mass is 32.1. The Bertz CT molecular complexity index is 728. The minimum absolute atomic E-state index is 0.00186. The zero-order valence-corrected chi connectivity index (χ0v) is 15.3. The van der Waals surface area contributed by atoms with E-state index in [0.717, 1.165) is 16.1 Å². The summed E-state index contributed by atoms with van der Waals surface area (Å²) in [6.07, 6.45) is 5.62. The van der Waals surface area contributed by atoms with Crippen LogP contribution in [0.2, 0.25) is 0 Å². The number of aryl methyl sites for hydroxylation is 2. The van der Waals surface area contributed by atoms with E-state index >= 15 is 0 Å². The van der Waals surface area contributed by atoms with Gasteiger partial charge in [0.15, 0.2) is 0 Å². The zero-order chi connectivity index (χ0) is 17.8. The summed E-state index contributed by atoms with van der Waals surface area (Å²) in [4.78, 5) is 22.0. The molecule has 2 aromatic rings. The maximum Gasteiger partial charge on any atom is 0.220 e. The Balaban J connectivity index is 1.67. The second-order valence-electron chi connectivity index (χ2n) is 6.45. The van der Waals surface area contributed by atoms with E-state index in [2.05, 4.69) is 15.3 Å². The summed E-state index contributed by atoms with van der Waals surface area (Å²) >= 11 is 1.58. The molecule has 2 heterocycles. The highest BCUT2D eigenvalue weighted by Gasteiger charge is 2.36. The molecule has 6 nitrogen and oxygen atoms in total. The number of aromatic nitrogens is 2. The standard InChI is InChI=1S/C18H23N3O3S/c1-11-16(25-10-20-11)3-4-17(23)21-18(12-5-14(22)6-12)13-7-15(24-2)9-19-8-13/h7-10,12,14,18,22H,3-6H2,1-2H3,(H,21,23)/t12?,14?,18-/m1/s1. The molecular weight excluding hydrogens is 338 g/mol. The fourth-order valence-corrected chi connectivity index (χ4v) is 3.91. The van der Waals surface area contributed by atoms with Crippen LogP contribution in [0.4, 0.5) is 0 Å². The summed E-state index contributed by atoms with van der Waals surface area (Å²) in [6, 6.07) is 1.75. The van der Waals surface area contributed by atoms with Crippen LogP contribution in [0.15, 0.2) is 24.0 Å². The van der Waals surface area contributed by atoms with E-state index in [1.165, 1.54) is 0 Å². The third-order valence-corrected chi connectivity index (χ3v) is 5.69. The number of carbonyl (C=O) groups is 1. The first-order valence-electron chi connectivity index (χ1n) is 8.42. The second kappa shape index (κ2) is 7.93. The fraction of sp³-hybridized carbons (Fsp3) is 0.500. The SMILES string of the molecule is COc1cncc([C@H](NC(=O)CCc2scnc2C)C2CC(O)C2)c1. The van der Waals surface area contributed by atoms with E-state index in [9.17, 15) is 9.90 Å². The van der Waals surface area contributed by atoms with Gasteiger partial charge in [0.2, 0.25) is 5.91 Å². The van der Waals surface area contributed by atoms with Crippen molar-refractivity contribution in [3.05, 3.63) is 40.1 Å². The molecule has 0 saturated heterocycles. The molecule has 3 rings (SSSR count). The number of thiazole rings is 1. The molecule has 0 spiro atoms. The summed E-state index contributed by atoms with van der Waals surface area (Å²) < 4.78 is 5.24. The molecule has 1 atom stereocenters. The summed E-state index contributed by atoms with van der Waals surface area (Å²) in [7, 11) is 1.60. The van der Waals surface area contributed by atoms with Crippen molar-refractivity contribution in [3.63, 3.8) is 0 Å². The highest BCUT2D eigenvalue weighted by Crippen LogP contribution is 2.38. The topological polar surface area (TPSA) is 84.3 Å². The monoisotopic (exact) mass is 361 g/mol. The first-order valence-corrected chi connectivity index (χ1v) is 9.30. The number of ether oxygens (including phenoxy) is 1. The number of pyridine rings is 1. The molecular formula is C18H23N3O3S. The van der Waals surface area contributed by atoms with Gasteiger partial charge in [0.25, 0.3) is 0 Å². The number of nitrogens with one attached hydrogen (secondary N) is 1. The summed E-state index contributed by atoms with van der Waals surface area (Å²) in [5.41, 5.74) is 3.72. The van der Waals surface area contributed by atoms with Gasteiger partial charge in [-0.1, -0.05) is 0 Å². The van der Waals surface area contributed by atoms with Crippen molar-refractivity contribution >= 4 is 17.2 Å². The molecule has 2 aromatic heterocycles. The maximum atomic E-state index is 12.5. The minimum Gasteiger partial charge on any atom is -0.495 e. The van der Waals surface area contributed by atoms with Gasteiger partial charge in [-0.2, -0.15) is 0 Å². The maximum absolute atomic E-state index is 12.5. The third kappa shape index (κ3) is 4.35. The van der Waals surface area contributed by atoms with Crippen molar-refractivity contribution in [3.8, 4) is 5.75 Å². The first-order chi connectivity index (χ1) is 12.1. The normalized spacial score (nSPS) is 20.6. The number of hydrogen-bond donors (Lipinski definition) is 2. The van der Waals surface area contributed by atoms with Crippen LogP contribution in [0.5, 0.6) is 5.75 Å². The van der Waals surface area contributed by atoms with Crippen molar-refractivity contribution in [1.29, 1.82) is 0 Å². The van der Waals surface area contributed by atoms with Gasteiger partial charge in [0.05, 0.1) is 36.7 Å². The number of rotatable bonds is 7. The average Bonchev–Trinajstić information content (AvgIpc) is 3.00. The Labute approximate surface area is 151 Å². The van der Waals surface area contributed by atoms with E-state index in [-0.39, 0.29) is 24.0 Å². The molecule has 0 aromatic carbocycles. The predicted octanol–water partition coefficient (Wildman–Crippen LogP) is 2.42. The summed E-state index contributed by atoms with van der Waals surface area (Å²) in [5.74, 6) is 0.886. The Kier molecular flexibility index (Phi) is 5.65. The quantitative estimate of drug-likeness (QED) is 0.791. The predicted molar refractivity (Wildman–Crippen MR) is 95.6 cm³/mol. The molecule has 25 heavy (non-hydrogen) atoms. The molecule has 134 valence electrons. The van der Waals surface area contributed by atoms with Crippen molar-refractivity contribution in [1.82, 2.24) is 15.3 Å². The van der Waals surface area contributed by atoms with E-state index < -0.39 is 0 Å². The number of aliphatic hydroxyl groups excluding tert-OH is 1. The number of hydrogen-bond acceptors (Lipinski definition) is 6. The Morgan fingerprint density at radius 2 is 2.28 bits per heavy atom. The van der Waals surface area contributed by atoms with Crippen LogP contribution in [0.1, 0.15) is 41.4 Å². The molecule has 1 saturated carbocycles. The molecule has 0 aliphatic heterocycles. The van der Waals surface area contributed by atoms with E-state index in [0.29, 0.717) is 31.4 Å². The molecule has 2 N–H and O–H groups in total. The van der Waals surface area contributed by atoms with Gasteiger partial charge >= 0.3 is 0 Å². The summed E-state index contributed by atoms with van der Waals surface area (Å²) in [6.45, 7) is 1.96. The Hall–Kier alpha value is -1.99.